The van der Waals surface area contributed by atoms with E-state index < -0.39 is 0 Å². The third-order valence-corrected chi connectivity index (χ3v) is 6.01. The largest absolute Gasteiger partial charge is 0.381 e. The van der Waals surface area contributed by atoms with Crippen LogP contribution < -0.4 is 0 Å². The van der Waals surface area contributed by atoms with E-state index in [0.29, 0.717) is 58.9 Å². The first-order valence-electron chi connectivity index (χ1n) is 9.96. The summed E-state index contributed by atoms with van der Waals surface area (Å²) >= 11 is 0. The van der Waals surface area contributed by atoms with E-state index in [1.54, 1.807) is 19.0 Å². The Balaban J connectivity index is 1.82. The van der Waals surface area contributed by atoms with Gasteiger partial charge in [-0.3, -0.25) is 9.59 Å². The molecule has 1 atom stereocenters. The lowest BCUT2D eigenvalue weighted by atomic mass is 9.85. The molecule has 0 aromatic heterocycles. The lowest BCUT2D eigenvalue weighted by molar-refractivity contribution is -0.139. The van der Waals surface area contributed by atoms with E-state index in [0.717, 1.165) is 12.8 Å². The van der Waals surface area contributed by atoms with Crippen LogP contribution in [0.1, 0.15) is 26.2 Å². The van der Waals surface area contributed by atoms with Crippen LogP contribution in [0.5, 0.6) is 0 Å². The van der Waals surface area contributed by atoms with Crippen molar-refractivity contribution in [2.24, 2.45) is 11.3 Å². The van der Waals surface area contributed by atoms with Crippen LogP contribution in [0.3, 0.4) is 0 Å². The van der Waals surface area contributed by atoms with Gasteiger partial charge in [0, 0.05) is 84.3 Å². The zero-order valence-electron chi connectivity index (χ0n) is 16.8. The van der Waals surface area contributed by atoms with Gasteiger partial charge >= 0.3 is 6.03 Å². The number of carbonyl (C=O) groups is 3. The predicted octanol–water partition coefficient (Wildman–Crippen LogP) is 0.477. The summed E-state index contributed by atoms with van der Waals surface area (Å²) in [4.78, 5) is 45.4. The van der Waals surface area contributed by atoms with Crippen LogP contribution in [-0.4, -0.2) is 104 Å². The van der Waals surface area contributed by atoms with Gasteiger partial charge in [-0.25, -0.2) is 4.79 Å². The molecule has 4 amide bonds. The van der Waals surface area contributed by atoms with E-state index >= 15 is 0 Å². The van der Waals surface area contributed by atoms with Gasteiger partial charge in [0.2, 0.25) is 11.8 Å². The Morgan fingerprint density at radius 2 is 1.74 bits per heavy atom. The third-order valence-electron chi connectivity index (χ3n) is 6.01. The highest BCUT2D eigenvalue weighted by molar-refractivity contribution is 5.82. The number of likely N-dealkylation sites (tertiary alicyclic amines) is 1. The fraction of sp³-hybridized carbons (Fsp3) is 0.842. The standard InChI is InChI=1S/C19H32N4O4/c1-4-21-12-19(11-16(21)24)13-22(17(25)15-5-9-27-10-6-15)7-8-23(14-19)18(26)20(2)3/h15H,4-14H2,1-3H3/t19-/m0/s1. The molecule has 27 heavy (non-hydrogen) atoms. The molecule has 3 heterocycles. The molecule has 0 radical (unpaired) electrons. The molecule has 3 aliphatic rings. The highest BCUT2D eigenvalue weighted by Gasteiger charge is 2.48. The Bertz CT molecular complexity index is 590. The molecular formula is C19H32N4O4. The Morgan fingerprint density at radius 3 is 2.33 bits per heavy atom. The van der Waals surface area contributed by atoms with E-state index in [-0.39, 0.29) is 29.2 Å². The number of ether oxygens (including phenoxy) is 1. The van der Waals surface area contributed by atoms with Gasteiger partial charge in [0.05, 0.1) is 0 Å². The Kier molecular flexibility index (Phi) is 5.93. The first-order chi connectivity index (χ1) is 12.8. The molecule has 3 saturated heterocycles. The van der Waals surface area contributed by atoms with Crippen LogP contribution in [0.2, 0.25) is 0 Å². The minimum absolute atomic E-state index is 0.00807. The quantitative estimate of drug-likeness (QED) is 0.698. The van der Waals surface area contributed by atoms with Crippen LogP contribution in [0.15, 0.2) is 0 Å². The van der Waals surface area contributed by atoms with Gasteiger partial charge in [0.1, 0.15) is 0 Å². The summed E-state index contributed by atoms with van der Waals surface area (Å²) in [6, 6.07) is -0.0582. The minimum Gasteiger partial charge on any atom is -0.381 e. The average Bonchev–Trinajstić information content (AvgIpc) is 2.86. The summed E-state index contributed by atoms with van der Waals surface area (Å²) < 4.78 is 5.39. The van der Waals surface area contributed by atoms with Crippen molar-refractivity contribution in [1.29, 1.82) is 0 Å². The summed E-state index contributed by atoms with van der Waals surface area (Å²) in [5.41, 5.74) is -0.379. The zero-order valence-corrected chi connectivity index (χ0v) is 16.8. The van der Waals surface area contributed by atoms with E-state index in [1.807, 2.05) is 21.6 Å². The van der Waals surface area contributed by atoms with Crippen molar-refractivity contribution >= 4 is 17.8 Å². The minimum atomic E-state index is -0.379. The second kappa shape index (κ2) is 8.04. The number of hydrogen-bond acceptors (Lipinski definition) is 4. The Labute approximate surface area is 161 Å². The molecule has 8 heteroatoms. The molecule has 8 nitrogen and oxygen atoms in total. The highest BCUT2D eigenvalue weighted by Crippen LogP contribution is 2.36. The smallest absolute Gasteiger partial charge is 0.319 e. The van der Waals surface area contributed by atoms with Gasteiger partial charge in [-0.05, 0) is 19.8 Å². The summed E-state index contributed by atoms with van der Waals surface area (Å²) in [5, 5.41) is 0. The van der Waals surface area contributed by atoms with Gasteiger partial charge in [-0.15, -0.1) is 0 Å². The van der Waals surface area contributed by atoms with Gasteiger partial charge < -0.3 is 24.3 Å². The van der Waals surface area contributed by atoms with Crippen LogP contribution in [0.25, 0.3) is 0 Å². The molecule has 0 aromatic rings. The normalized spacial score (nSPS) is 27.2. The summed E-state index contributed by atoms with van der Waals surface area (Å²) in [6.45, 7) is 6.60. The number of hydrogen-bond donors (Lipinski definition) is 0. The SMILES string of the molecule is CCN1C[C@@]2(CC1=O)CN(C(=O)C1CCOCC1)CCN(C(=O)N(C)C)C2. The Morgan fingerprint density at radius 1 is 1.11 bits per heavy atom. The lowest BCUT2D eigenvalue weighted by Crippen LogP contribution is -2.48. The fourth-order valence-corrected chi connectivity index (χ4v) is 4.58. The molecule has 0 N–H and O–H groups in total. The Hall–Kier alpha value is -1.83. The van der Waals surface area contributed by atoms with Gasteiger partial charge in [-0.2, -0.15) is 0 Å². The second-order valence-electron chi connectivity index (χ2n) is 8.33. The molecule has 1 spiro atoms. The predicted molar refractivity (Wildman–Crippen MR) is 100 cm³/mol. The van der Waals surface area contributed by atoms with Crippen LogP contribution in [0, 0.1) is 11.3 Å². The summed E-state index contributed by atoms with van der Waals surface area (Å²) in [5.74, 6) is 0.264. The van der Waals surface area contributed by atoms with Crippen molar-refractivity contribution in [3.8, 4) is 0 Å². The van der Waals surface area contributed by atoms with Crippen molar-refractivity contribution in [1.82, 2.24) is 19.6 Å². The maximum atomic E-state index is 13.1. The molecule has 0 bridgehead atoms. The monoisotopic (exact) mass is 380 g/mol. The molecule has 0 saturated carbocycles. The number of rotatable bonds is 2. The number of carbonyl (C=O) groups excluding carboxylic acids is 3. The molecule has 3 fully saturated rings. The van der Waals surface area contributed by atoms with E-state index in [1.165, 1.54) is 0 Å². The van der Waals surface area contributed by atoms with E-state index in [4.69, 9.17) is 4.74 Å². The first-order valence-corrected chi connectivity index (χ1v) is 9.96. The molecule has 152 valence electrons. The van der Waals surface area contributed by atoms with Crippen LogP contribution in [-0.2, 0) is 14.3 Å². The van der Waals surface area contributed by atoms with Crippen molar-refractivity contribution in [3.63, 3.8) is 0 Å². The third kappa shape index (κ3) is 4.20. The molecule has 0 aliphatic carbocycles. The topological polar surface area (TPSA) is 73.4 Å². The van der Waals surface area contributed by atoms with E-state index in [2.05, 4.69) is 0 Å². The van der Waals surface area contributed by atoms with Crippen molar-refractivity contribution < 1.29 is 19.1 Å². The maximum Gasteiger partial charge on any atom is 0.319 e. The second-order valence-corrected chi connectivity index (χ2v) is 8.33. The van der Waals surface area contributed by atoms with Crippen LogP contribution >= 0.6 is 0 Å². The van der Waals surface area contributed by atoms with Crippen LogP contribution in [0.4, 0.5) is 4.79 Å². The summed E-state index contributed by atoms with van der Waals surface area (Å²) in [6.07, 6.45) is 1.90. The molecular weight excluding hydrogens is 348 g/mol. The lowest BCUT2D eigenvalue weighted by Gasteiger charge is -2.35. The molecule has 3 rings (SSSR count). The number of nitrogens with zero attached hydrogens (tertiary/aromatic N) is 4. The van der Waals surface area contributed by atoms with Gasteiger partial charge in [-0.1, -0.05) is 0 Å². The molecule has 3 aliphatic heterocycles. The summed E-state index contributed by atoms with van der Waals surface area (Å²) in [7, 11) is 3.48. The van der Waals surface area contributed by atoms with Gasteiger partial charge in [0.15, 0.2) is 0 Å². The van der Waals surface area contributed by atoms with Crippen molar-refractivity contribution in [2.75, 3.05) is 66.6 Å². The fourth-order valence-electron chi connectivity index (χ4n) is 4.58. The number of urea groups is 1. The van der Waals surface area contributed by atoms with Crippen molar-refractivity contribution in [3.05, 3.63) is 0 Å². The van der Waals surface area contributed by atoms with E-state index in [9.17, 15) is 14.4 Å². The first kappa shape index (κ1) is 19.9. The molecule has 0 unspecified atom stereocenters. The van der Waals surface area contributed by atoms with Crippen molar-refractivity contribution in [2.45, 2.75) is 26.2 Å². The zero-order chi connectivity index (χ0) is 19.6. The number of amides is 4. The molecule has 0 aromatic carbocycles. The highest BCUT2D eigenvalue weighted by atomic mass is 16.5. The average molecular weight is 380 g/mol. The van der Waals surface area contributed by atoms with Gasteiger partial charge in [0.25, 0.3) is 0 Å². The maximum absolute atomic E-state index is 13.1.